The first-order valence-corrected chi connectivity index (χ1v) is 18.8. The number of fused-ring (bicyclic) bond motifs is 8. The zero-order chi connectivity index (χ0) is 36.3. The average Bonchev–Trinajstić information content (AvgIpc) is 3.81. The van der Waals surface area contributed by atoms with Gasteiger partial charge in [0, 0.05) is 43.9 Å². The highest BCUT2D eigenvalue weighted by Crippen LogP contribution is 2.46. The monoisotopic (exact) mass is 702 g/mol. The number of furan rings is 1. The van der Waals surface area contributed by atoms with E-state index in [4.69, 9.17) is 4.42 Å². The number of benzene rings is 9. The molecular formula is C52H34N2O. The van der Waals surface area contributed by atoms with E-state index in [9.17, 15) is 0 Å². The number of rotatable bonds is 6. The third-order valence-electron chi connectivity index (χ3n) is 11.0. The lowest BCUT2D eigenvalue weighted by atomic mass is 9.99. The van der Waals surface area contributed by atoms with Gasteiger partial charge in [-0.25, -0.2) is 0 Å². The molecule has 0 aliphatic heterocycles. The highest BCUT2D eigenvalue weighted by Gasteiger charge is 2.22. The predicted octanol–water partition coefficient (Wildman–Crippen LogP) is 14.6. The Morgan fingerprint density at radius 3 is 1.84 bits per heavy atom. The predicted molar refractivity (Wildman–Crippen MR) is 231 cm³/mol. The van der Waals surface area contributed by atoms with Gasteiger partial charge in [-0.2, -0.15) is 0 Å². The van der Waals surface area contributed by atoms with E-state index in [0.29, 0.717) is 0 Å². The van der Waals surface area contributed by atoms with Crippen LogP contribution in [0.5, 0.6) is 0 Å². The lowest BCUT2D eigenvalue weighted by Crippen LogP contribution is -2.11. The Morgan fingerprint density at radius 2 is 1.04 bits per heavy atom. The van der Waals surface area contributed by atoms with Gasteiger partial charge in [0.1, 0.15) is 11.2 Å². The van der Waals surface area contributed by atoms with E-state index in [1.165, 1.54) is 21.8 Å². The largest absolute Gasteiger partial charge is 0.455 e. The van der Waals surface area contributed by atoms with Crippen LogP contribution in [0, 0.1) is 0 Å². The average molecular weight is 703 g/mol. The van der Waals surface area contributed by atoms with Crippen molar-refractivity contribution in [2.24, 2.45) is 0 Å². The zero-order valence-corrected chi connectivity index (χ0v) is 29.9. The fraction of sp³-hybridized carbons (Fsp3) is 0. The second kappa shape index (κ2) is 12.6. The first-order valence-electron chi connectivity index (χ1n) is 18.8. The highest BCUT2D eigenvalue weighted by molar-refractivity contribution is 6.19. The Hall–Kier alpha value is -7.36. The standard InChI is InChI=1S/C52H34N2O/c1-2-14-36(15-3-1)41-19-4-8-23-46(41)53(49-26-13-16-37-30-33-45-44-22-7-11-27-50(44)55-52(45)51(37)49)39-31-28-35(29-32-39)38-17-12-18-40(34-38)54-47-24-9-5-20-42(47)43-21-6-10-25-48(43)54/h1-34H. The van der Waals surface area contributed by atoms with Gasteiger partial charge in [0.05, 0.1) is 22.4 Å². The molecule has 0 bridgehead atoms. The zero-order valence-electron chi connectivity index (χ0n) is 29.9. The van der Waals surface area contributed by atoms with Gasteiger partial charge in [-0.3, -0.25) is 0 Å². The molecule has 2 aromatic heterocycles. The number of anilines is 3. The first-order chi connectivity index (χ1) is 27.3. The van der Waals surface area contributed by atoms with Crippen LogP contribution in [0.25, 0.3) is 82.5 Å². The number of hydrogen-bond acceptors (Lipinski definition) is 2. The SMILES string of the molecule is c1ccc(-c2ccccc2N(c2ccc(-c3cccc(-n4c5ccccc5c5ccccc54)c3)cc2)c2cccc3ccc4c5ccccc5oc4c23)cc1. The number of aromatic nitrogens is 1. The van der Waals surface area contributed by atoms with Crippen LogP contribution < -0.4 is 4.90 Å². The summed E-state index contributed by atoms with van der Waals surface area (Å²) in [5.74, 6) is 0. The van der Waals surface area contributed by atoms with Crippen molar-refractivity contribution in [3.63, 3.8) is 0 Å². The highest BCUT2D eigenvalue weighted by atomic mass is 16.3. The summed E-state index contributed by atoms with van der Waals surface area (Å²) in [4.78, 5) is 2.40. The molecule has 11 aromatic rings. The van der Waals surface area contributed by atoms with Crippen LogP contribution in [0.4, 0.5) is 17.1 Å². The van der Waals surface area contributed by atoms with Crippen molar-refractivity contribution in [1.29, 1.82) is 0 Å². The van der Waals surface area contributed by atoms with Gasteiger partial charge in [0.2, 0.25) is 0 Å². The molecule has 11 rings (SSSR count). The van der Waals surface area contributed by atoms with E-state index in [1.807, 2.05) is 6.07 Å². The fourth-order valence-corrected chi connectivity index (χ4v) is 8.49. The molecule has 2 heterocycles. The molecule has 3 nitrogen and oxygen atoms in total. The molecule has 0 saturated carbocycles. The van der Waals surface area contributed by atoms with Crippen LogP contribution in [-0.4, -0.2) is 4.57 Å². The number of para-hydroxylation sites is 4. The molecule has 0 atom stereocenters. The molecule has 0 N–H and O–H groups in total. The summed E-state index contributed by atoms with van der Waals surface area (Å²) < 4.78 is 9.07. The molecule has 0 unspecified atom stereocenters. The van der Waals surface area contributed by atoms with Crippen molar-refractivity contribution >= 4 is 71.6 Å². The summed E-state index contributed by atoms with van der Waals surface area (Å²) in [6.07, 6.45) is 0. The Kier molecular flexibility index (Phi) is 7.17. The summed E-state index contributed by atoms with van der Waals surface area (Å²) >= 11 is 0. The molecule has 0 amide bonds. The molecular weight excluding hydrogens is 669 g/mol. The Bertz CT molecular complexity index is 3150. The topological polar surface area (TPSA) is 21.3 Å². The Balaban J connectivity index is 1.09. The molecule has 0 radical (unpaired) electrons. The van der Waals surface area contributed by atoms with E-state index in [-0.39, 0.29) is 0 Å². The smallest absolute Gasteiger partial charge is 0.145 e. The van der Waals surface area contributed by atoms with Crippen LogP contribution in [0.15, 0.2) is 211 Å². The van der Waals surface area contributed by atoms with E-state index in [0.717, 1.165) is 77.7 Å². The van der Waals surface area contributed by atoms with Crippen LogP contribution >= 0.6 is 0 Å². The summed E-state index contributed by atoms with van der Waals surface area (Å²) in [5.41, 5.74) is 13.2. The van der Waals surface area contributed by atoms with Gasteiger partial charge in [-0.05, 0) is 82.7 Å². The van der Waals surface area contributed by atoms with Crippen molar-refractivity contribution in [3.8, 4) is 27.9 Å². The lowest BCUT2D eigenvalue weighted by molar-refractivity contribution is 0.672. The summed E-state index contributed by atoms with van der Waals surface area (Å²) in [6.45, 7) is 0. The second-order valence-corrected chi connectivity index (χ2v) is 14.1. The van der Waals surface area contributed by atoms with Crippen molar-refractivity contribution in [2.75, 3.05) is 4.90 Å². The van der Waals surface area contributed by atoms with Crippen LogP contribution in [0.2, 0.25) is 0 Å². The van der Waals surface area contributed by atoms with Crippen LogP contribution in [0.3, 0.4) is 0 Å². The summed E-state index contributed by atoms with van der Waals surface area (Å²) in [6, 6.07) is 73.9. The lowest BCUT2D eigenvalue weighted by Gasteiger charge is -2.29. The van der Waals surface area contributed by atoms with Crippen LogP contribution in [0.1, 0.15) is 0 Å². The summed E-state index contributed by atoms with van der Waals surface area (Å²) in [5, 5.41) is 6.98. The van der Waals surface area contributed by atoms with Crippen molar-refractivity contribution in [2.45, 2.75) is 0 Å². The minimum atomic E-state index is 0.892. The maximum Gasteiger partial charge on any atom is 0.145 e. The van der Waals surface area contributed by atoms with Gasteiger partial charge in [0.25, 0.3) is 0 Å². The van der Waals surface area contributed by atoms with E-state index in [1.54, 1.807) is 0 Å². The van der Waals surface area contributed by atoms with Gasteiger partial charge in [-0.15, -0.1) is 0 Å². The minimum Gasteiger partial charge on any atom is -0.455 e. The van der Waals surface area contributed by atoms with Gasteiger partial charge in [-0.1, -0.05) is 146 Å². The molecule has 0 fully saturated rings. The maximum absolute atomic E-state index is 6.69. The molecule has 258 valence electrons. The first kappa shape index (κ1) is 31.2. The fourth-order valence-electron chi connectivity index (χ4n) is 8.49. The third-order valence-corrected chi connectivity index (χ3v) is 11.0. The minimum absolute atomic E-state index is 0.892. The maximum atomic E-state index is 6.69. The van der Waals surface area contributed by atoms with Gasteiger partial charge in [0.15, 0.2) is 0 Å². The molecule has 0 aliphatic carbocycles. The normalized spacial score (nSPS) is 11.6. The molecule has 0 saturated heterocycles. The second-order valence-electron chi connectivity index (χ2n) is 14.1. The molecule has 0 aliphatic rings. The Morgan fingerprint density at radius 1 is 0.400 bits per heavy atom. The third kappa shape index (κ3) is 5.05. The van der Waals surface area contributed by atoms with E-state index in [2.05, 4.69) is 210 Å². The summed E-state index contributed by atoms with van der Waals surface area (Å²) in [7, 11) is 0. The van der Waals surface area contributed by atoms with Crippen molar-refractivity contribution in [1.82, 2.24) is 4.57 Å². The quantitative estimate of drug-likeness (QED) is 0.172. The molecule has 55 heavy (non-hydrogen) atoms. The van der Waals surface area contributed by atoms with Crippen molar-refractivity contribution < 1.29 is 4.42 Å². The molecule has 9 aromatic carbocycles. The van der Waals surface area contributed by atoms with Crippen molar-refractivity contribution in [3.05, 3.63) is 206 Å². The van der Waals surface area contributed by atoms with Gasteiger partial charge >= 0.3 is 0 Å². The van der Waals surface area contributed by atoms with Crippen LogP contribution in [-0.2, 0) is 0 Å². The molecule has 3 heteroatoms. The van der Waals surface area contributed by atoms with E-state index < -0.39 is 0 Å². The Labute approximate surface area is 318 Å². The van der Waals surface area contributed by atoms with Gasteiger partial charge < -0.3 is 13.9 Å². The molecule has 0 spiro atoms. The number of hydrogen-bond donors (Lipinski definition) is 0. The van der Waals surface area contributed by atoms with E-state index >= 15 is 0 Å². The number of nitrogens with zero attached hydrogens (tertiary/aromatic N) is 2.